The van der Waals surface area contributed by atoms with Gasteiger partial charge in [0.15, 0.2) is 0 Å². The first kappa shape index (κ1) is 21.6. The van der Waals surface area contributed by atoms with E-state index in [0.717, 1.165) is 33.6 Å². The van der Waals surface area contributed by atoms with Crippen molar-refractivity contribution in [2.75, 3.05) is 12.3 Å². The van der Waals surface area contributed by atoms with Gasteiger partial charge in [0.1, 0.15) is 5.82 Å². The number of halogens is 1. The van der Waals surface area contributed by atoms with E-state index in [1.165, 1.54) is 12.1 Å². The van der Waals surface area contributed by atoms with Gasteiger partial charge in [-0.3, -0.25) is 19.3 Å². The fraction of sp³-hybridized carbons (Fsp3) is 0.125. The molecule has 1 unspecified atom stereocenters. The third-order valence-electron chi connectivity index (χ3n) is 5.04. The molecule has 0 aliphatic heterocycles. The summed E-state index contributed by atoms with van der Waals surface area (Å²) in [6.07, 6.45) is 3.72. The average molecular weight is 450 g/mol. The normalized spacial score (nSPS) is 11.9. The molecule has 0 fully saturated rings. The van der Waals surface area contributed by atoms with Gasteiger partial charge in [0, 0.05) is 45.6 Å². The Labute approximate surface area is 186 Å². The van der Waals surface area contributed by atoms with Gasteiger partial charge in [0.05, 0.1) is 16.5 Å². The molecular weight excluding hydrogens is 429 g/mol. The predicted molar refractivity (Wildman–Crippen MR) is 123 cm³/mol. The van der Waals surface area contributed by atoms with Crippen LogP contribution in [0, 0.1) is 15.9 Å². The average Bonchev–Trinajstić information content (AvgIpc) is 3.25. The van der Waals surface area contributed by atoms with Crippen molar-refractivity contribution in [1.29, 1.82) is 0 Å². The summed E-state index contributed by atoms with van der Waals surface area (Å²) >= 11 is 0. The Kier molecular flexibility index (Phi) is 6.51. The van der Waals surface area contributed by atoms with Gasteiger partial charge >= 0.3 is 0 Å². The van der Waals surface area contributed by atoms with Crippen molar-refractivity contribution < 1.29 is 13.5 Å². The van der Waals surface area contributed by atoms with E-state index in [1.807, 2.05) is 30.3 Å². The maximum absolute atomic E-state index is 13.4. The highest BCUT2D eigenvalue weighted by Gasteiger charge is 2.14. The molecular formula is C24H20FN3O3S. The van der Waals surface area contributed by atoms with Gasteiger partial charge < -0.3 is 4.98 Å². The van der Waals surface area contributed by atoms with Gasteiger partial charge in [0.25, 0.3) is 0 Å². The maximum atomic E-state index is 13.4. The lowest BCUT2D eigenvalue weighted by molar-refractivity contribution is -0.479. The highest BCUT2D eigenvalue weighted by Crippen LogP contribution is 2.36. The molecule has 0 spiro atoms. The number of pyridine rings is 1. The molecule has 8 heteroatoms. The minimum atomic E-state index is -1.28. The van der Waals surface area contributed by atoms with Crippen LogP contribution < -0.4 is 0 Å². The summed E-state index contributed by atoms with van der Waals surface area (Å²) in [6, 6.07) is 19.5. The zero-order valence-corrected chi connectivity index (χ0v) is 17.8. The number of aromatic amines is 1. The molecule has 1 N–H and O–H groups in total. The van der Waals surface area contributed by atoms with Crippen LogP contribution in [-0.4, -0.2) is 31.4 Å². The van der Waals surface area contributed by atoms with E-state index in [4.69, 9.17) is 0 Å². The third kappa shape index (κ3) is 4.97. The van der Waals surface area contributed by atoms with Gasteiger partial charge in [-0.25, -0.2) is 4.39 Å². The molecule has 1 atom stereocenters. The Morgan fingerprint density at radius 2 is 1.59 bits per heavy atom. The molecule has 0 bridgehead atoms. The first-order valence-corrected chi connectivity index (χ1v) is 11.3. The topological polar surface area (TPSA) is 88.9 Å². The van der Waals surface area contributed by atoms with Crippen LogP contribution in [0.4, 0.5) is 4.39 Å². The van der Waals surface area contributed by atoms with Gasteiger partial charge in [-0.2, -0.15) is 0 Å². The number of rotatable bonds is 8. The zero-order valence-electron chi connectivity index (χ0n) is 17.0. The number of benzene rings is 2. The Balaban J connectivity index is 1.64. The molecule has 0 amide bonds. The highest BCUT2D eigenvalue weighted by atomic mass is 32.2. The fourth-order valence-corrected chi connectivity index (χ4v) is 4.51. The SMILES string of the molecule is O=[N+]([O-])CCCS(=O)c1ccc(-c2cc(-c3ccncc3)c(-c3ccc(F)cc3)[nH]2)cc1. The van der Waals surface area contributed by atoms with Crippen LogP contribution in [0.5, 0.6) is 0 Å². The van der Waals surface area contributed by atoms with Crippen molar-refractivity contribution in [3.05, 3.63) is 95.1 Å². The Bertz CT molecular complexity index is 1240. The Morgan fingerprint density at radius 3 is 2.25 bits per heavy atom. The summed E-state index contributed by atoms with van der Waals surface area (Å²) in [7, 11) is -1.28. The number of H-pyrrole nitrogens is 1. The Morgan fingerprint density at radius 1 is 0.938 bits per heavy atom. The second-order valence-electron chi connectivity index (χ2n) is 7.20. The van der Waals surface area contributed by atoms with Gasteiger partial charge in [-0.05, 0) is 71.3 Å². The zero-order chi connectivity index (χ0) is 22.5. The minimum absolute atomic E-state index is 0.184. The third-order valence-corrected chi connectivity index (χ3v) is 6.50. The quantitative estimate of drug-likeness (QED) is 0.291. The molecule has 0 saturated heterocycles. The fourth-order valence-electron chi connectivity index (χ4n) is 3.44. The van der Waals surface area contributed by atoms with Crippen molar-refractivity contribution in [2.24, 2.45) is 0 Å². The van der Waals surface area contributed by atoms with E-state index in [2.05, 4.69) is 9.97 Å². The van der Waals surface area contributed by atoms with Crippen LogP contribution in [0.3, 0.4) is 0 Å². The van der Waals surface area contributed by atoms with Crippen molar-refractivity contribution in [1.82, 2.24) is 9.97 Å². The molecule has 0 aliphatic rings. The molecule has 32 heavy (non-hydrogen) atoms. The van der Waals surface area contributed by atoms with Crippen molar-refractivity contribution >= 4 is 10.8 Å². The summed E-state index contributed by atoms with van der Waals surface area (Å²) in [5.74, 6) is -0.0446. The molecule has 2 aromatic carbocycles. The van der Waals surface area contributed by atoms with E-state index in [9.17, 15) is 18.7 Å². The molecule has 0 saturated carbocycles. The van der Waals surface area contributed by atoms with Gasteiger partial charge in [-0.1, -0.05) is 12.1 Å². The van der Waals surface area contributed by atoms with Crippen LogP contribution in [0.15, 0.2) is 84.0 Å². The van der Waals surface area contributed by atoms with Crippen molar-refractivity contribution in [3.8, 4) is 33.6 Å². The van der Waals surface area contributed by atoms with E-state index in [-0.39, 0.29) is 24.5 Å². The van der Waals surface area contributed by atoms with E-state index >= 15 is 0 Å². The Hall–Kier alpha value is -3.65. The highest BCUT2D eigenvalue weighted by molar-refractivity contribution is 7.85. The summed E-state index contributed by atoms with van der Waals surface area (Å²) in [5, 5.41) is 10.5. The van der Waals surface area contributed by atoms with Crippen LogP contribution in [-0.2, 0) is 10.8 Å². The number of aromatic nitrogens is 2. The lowest BCUT2D eigenvalue weighted by atomic mass is 10.0. The molecule has 0 aliphatic carbocycles. The molecule has 2 heterocycles. The van der Waals surface area contributed by atoms with Crippen molar-refractivity contribution in [3.63, 3.8) is 0 Å². The number of hydrogen-bond donors (Lipinski definition) is 1. The maximum Gasteiger partial charge on any atom is 0.204 e. The monoisotopic (exact) mass is 449 g/mol. The standard InChI is InChI=1S/C24H20FN3O3S/c25-20-6-2-19(3-7-20)24-22(17-10-12-26-13-11-17)16-23(27-24)18-4-8-21(9-5-18)32(31)15-1-14-28(29)30/h2-13,16,27H,1,14-15H2. The summed E-state index contributed by atoms with van der Waals surface area (Å²) < 4.78 is 25.8. The summed E-state index contributed by atoms with van der Waals surface area (Å²) in [5.41, 5.74) is 5.42. The minimum Gasteiger partial charge on any atom is -0.354 e. The van der Waals surface area contributed by atoms with E-state index in [0.29, 0.717) is 4.90 Å². The molecule has 162 valence electrons. The van der Waals surface area contributed by atoms with Crippen molar-refractivity contribution in [2.45, 2.75) is 11.3 Å². The lowest BCUT2D eigenvalue weighted by Gasteiger charge is -2.05. The molecule has 4 aromatic rings. The molecule has 2 aromatic heterocycles. The van der Waals surface area contributed by atoms with Crippen LogP contribution in [0.1, 0.15) is 6.42 Å². The summed E-state index contributed by atoms with van der Waals surface area (Å²) in [6.45, 7) is -0.184. The molecule has 0 radical (unpaired) electrons. The van der Waals surface area contributed by atoms with Crippen LogP contribution in [0.25, 0.3) is 33.6 Å². The van der Waals surface area contributed by atoms with Gasteiger partial charge in [-0.15, -0.1) is 0 Å². The number of nitrogens with zero attached hydrogens (tertiary/aromatic N) is 2. The second-order valence-corrected chi connectivity index (χ2v) is 8.77. The van der Waals surface area contributed by atoms with Crippen LogP contribution in [0.2, 0.25) is 0 Å². The number of hydrogen-bond acceptors (Lipinski definition) is 4. The van der Waals surface area contributed by atoms with Gasteiger partial charge in [0.2, 0.25) is 6.54 Å². The number of nitrogens with one attached hydrogen (secondary N) is 1. The second kappa shape index (κ2) is 9.65. The molecule has 4 rings (SSSR count). The first-order chi connectivity index (χ1) is 15.5. The largest absolute Gasteiger partial charge is 0.354 e. The van der Waals surface area contributed by atoms with E-state index < -0.39 is 15.7 Å². The predicted octanol–water partition coefficient (Wildman–Crippen LogP) is 5.32. The first-order valence-electron chi connectivity index (χ1n) is 10.0. The smallest absolute Gasteiger partial charge is 0.204 e. The molecule has 6 nitrogen and oxygen atoms in total. The van der Waals surface area contributed by atoms with Crippen LogP contribution >= 0.6 is 0 Å². The van der Waals surface area contributed by atoms with E-state index in [1.54, 1.807) is 36.7 Å². The summed E-state index contributed by atoms with van der Waals surface area (Å²) in [4.78, 5) is 18.2. The number of nitro groups is 1. The lowest BCUT2D eigenvalue weighted by Crippen LogP contribution is -2.06.